The van der Waals surface area contributed by atoms with Gasteiger partial charge >= 0.3 is 0 Å². The lowest BCUT2D eigenvalue weighted by Crippen LogP contribution is -2.45. The molecule has 0 bridgehead atoms. The first-order valence-electron chi connectivity index (χ1n) is 14.7. The highest BCUT2D eigenvalue weighted by molar-refractivity contribution is 6.35. The number of para-hydroxylation sites is 1. The molecule has 0 amide bonds. The lowest BCUT2D eigenvalue weighted by atomic mass is 9.63. The average Bonchev–Trinajstić information content (AvgIpc) is 3.25. The van der Waals surface area contributed by atoms with Crippen molar-refractivity contribution in [2.45, 2.75) is 65.8 Å². The van der Waals surface area contributed by atoms with Crippen molar-refractivity contribution in [1.29, 1.82) is 0 Å². The number of ketones is 2. The molecule has 3 aliphatic rings. The van der Waals surface area contributed by atoms with Crippen LogP contribution in [0.25, 0.3) is 10.9 Å². The van der Waals surface area contributed by atoms with Crippen molar-refractivity contribution in [3.63, 3.8) is 0 Å². The first kappa shape index (κ1) is 29.2. The van der Waals surface area contributed by atoms with E-state index in [9.17, 15) is 9.59 Å². The molecule has 2 heterocycles. The molecule has 0 unspecified atom stereocenters. The van der Waals surface area contributed by atoms with Gasteiger partial charge in [0, 0.05) is 88.6 Å². The third-order valence-electron chi connectivity index (χ3n) is 9.03. The van der Waals surface area contributed by atoms with E-state index < -0.39 is 5.92 Å². The third-order valence-corrected chi connectivity index (χ3v) is 9.61. The van der Waals surface area contributed by atoms with Gasteiger partial charge in [0.05, 0.1) is 6.61 Å². The second-order valence-electron chi connectivity index (χ2n) is 13.6. The van der Waals surface area contributed by atoms with E-state index in [0.717, 1.165) is 57.4 Å². The van der Waals surface area contributed by atoms with Gasteiger partial charge in [0.25, 0.3) is 0 Å². The highest BCUT2D eigenvalue weighted by atomic mass is 35.5. The molecular weight excluding hydrogens is 567 g/mol. The van der Waals surface area contributed by atoms with Crippen molar-refractivity contribution in [2.75, 3.05) is 20.3 Å². The summed E-state index contributed by atoms with van der Waals surface area (Å²) in [5.74, 6) is -0.140. The zero-order valence-electron chi connectivity index (χ0n) is 25.0. The predicted octanol–water partition coefficient (Wildman–Crippen LogP) is 8.33. The van der Waals surface area contributed by atoms with Crippen LogP contribution >= 0.6 is 23.2 Å². The molecule has 1 aromatic heterocycles. The summed E-state index contributed by atoms with van der Waals surface area (Å²) in [5.41, 5.74) is 6.33. The molecule has 6 rings (SSSR count). The number of methoxy groups -OCH3 is 1. The summed E-state index contributed by atoms with van der Waals surface area (Å²) >= 11 is 12.8. The van der Waals surface area contributed by atoms with Crippen molar-refractivity contribution in [3.05, 3.63) is 92.4 Å². The minimum atomic E-state index is -0.409. The van der Waals surface area contributed by atoms with Gasteiger partial charge in [-0.05, 0) is 53.0 Å². The summed E-state index contributed by atoms with van der Waals surface area (Å²) in [7, 11) is 1.70. The number of allylic oxidation sites excluding steroid dienone is 4. The number of hydrogen-bond acceptors (Lipinski definition) is 4. The molecule has 0 radical (unpaired) electrons. The Morgan fingerprint density at radius 1 is 0.881 bits per heavy atom. The summed E-state index contributed by atoms with van der Waals surface area (Å²) in [6.45, 7) is 10.3. The fourth-order valence-electron chi connectivity index (χ4n) is 7.28. The Bertz CT molecular complexity index is 1620. The van der Waals surface area contributed by atoms with Crippen LogP contribution in [0.2, 0.25) is 10.0 Å². The van der Waals surface area contributed by atoms with E-state index in [1.54, 1.807) is 13.2 Å². The van der Waals surface area contributed by atoms with Gasteiger partial charge in [-0.15, -0.1) is 0 Å². The van der Waals surface area contributed by atoms with Gasteiger partial charge in [-0.2, -0.15) is 0 Å². The van der Waals surface area contributed by atoms with Gasteiger partial charge < -0.3 is 14.2 Å². The SMILES string of the molecule is COCCN1C2=C(C(=O)CC(C)(C)C2)C(c2cn(Cc3ccc(Cl)cc3Cl)c3ccccc23)C2=C1CC(C)(C)CC2=O. The number of Topliss-reactive ketones (excluding diaryl/α,β-unsaturated/α-hetero) is 2. The Morgan fingerprint density at radius 2 is 1.50 bits per heavy atom. The minimum absolute atomic E-state index is 0.135. The second-order valence-corrected chi connectivity index (χ2v) is 14.5. The van der Waals surface area contributed by atoms with Crippen LogP contribution in [0.4, 0.5) is 0 Å². The predicted molar refractivity (Wildman–Crippen MR) is 169 cm³/mol. The molecule has 0 atom stereocenters. The van der Waals surface area contributed by atoms with Crippen LogP contribution in [-0.4, -0.2) is 41.3 Å². The molecule has 0 fully saturated rings. The fourth-order valence-corrected chi connectivity index (χ4v) is 7.75. The largest absolute Gasteiger partial charge is 0.383 e. The van der Waals surface area contributed by atoms with E-state index >= 15 is 0 Å². The van der Waals surface area contributed by atoms with Crippen LogP contribution in [0, 0.1) is 10.8 Å². The van der Waals surface area contributed by atoms with Crippen molar-refractivity contribution in [2.24, 2.45) is 10.8 Å². The summed E-state index contributed by atoms with van der Waals surface area (Å²) in [4.78, 5) is 30.6. The number of hydrogen-bond donors (Lipinski definition) is 0. The van der Waals surface area contributed by atoms with Crippen LogP contribution < -0.4 is 0 Å². The molecule has 220 valence electrons. The molecule has 0 N–H and O–H groups in total. The number of fused-ring (bicyclic) bond motifs is 1. The van der Waals surface area contributed by atoms with Gasteiger partial charge in [-0.25, -0.2) is 0 Å². The minimum Gasteiger partial charge on any atom is -0.383 e. The standard InChI is InChI=1S/C35H38Cl2N2O3/c1-34(2)15-27-32(29(40)17-34)31(33-28(39(27)12-13-42-5)16-35(3,4)18-30(33)41)24-20-38(26-9-7-6-8-23(24)26)19-21-10-11-22(36)14-25(21)37/h6-11,14,20,31H,12-13,15-19H2,1-5H3. The number of rotatable bonds is 6. The smallest absolute Gasteiger partial charge is 0.162 e. The molecule has 7 heteroatoms. The molecule has 2 aromatic carbocycles. The number of carbonyl (C=O) groups is 2. The first-order valence-corrected chi connectivity index (χ1v) is 15.5. The van der Waals surface area contributed by atoms with Gasteiger partial charge in [0.15, 0.2) is 11.6 Å². The van der Waals surface area contributed by atoms with E-state index in [2.05, 4.69) is 55.5 Å². The normalized spacial score (nSPS) is 20.4. The molecule has 0 saturated heterocycles. The summed E-state index contributed by atoms with van der Waals surface area (Å²) < 4.78 is 7.72. The van der Waals surface area contributed by atoms with Crippen LogP contribution in [0.3, 0.4) is 0 Å². The van der Waals surface area contributed by atoms with Crippen molar-refractivity contribution in [1.82, 2.24) is 9.47 Å². The van der Waals surface area contributed by atoms with Crippen molar-refractivity contribution in [3.8, 4) is 0 Å². The Hall–Kier alpha value is -2.86. The Kier molecular flexibility index (Phi) is 7.44. The van der Waals surface area contributed by atoms with Crippen LogP contribution in [-0.2, 0) is 20.9 Å². The van der Waals surface area contributed by atoms with Crippen molar-refractivity contribution < 1.29 is 14.3 Å². The molecular formula is C35H38Cl2N2O3. The molecule has 5 nitrogen and oxygen atoms in total. The van der Waals surface area contributed by atoms with Gasteiger partial charge in [0.2, 0.25) is 0 Å². The van der Waals surface area contributed by atoms with E-state index in [4.69, 9.17) is 27.9 Å². The van der Waals surface area contributed by atoms with Gasteiger partial charge in [0.1, 0.15) is 0 Å². The Balaban J connectivity index is 1.59. The quantitative estimate of drug-likeness (QED) is 0.284. The fraction of sp³-hybridized carbons (Fsp3) is 0.429. The van der Waals surface area contributed by atoms with Crippen LogP contribution in [0.15, 0.2) is 71.2 Å². The number of aromatic nitrogens is 1. The van der Waals surface area contributed by atoms with Crippen LogP contribution in [0.1, 0.15) is 70.4 Å². The summed E-state index contributed by atoms with van der Waals surface area (Å²) in [5, 5.41) is 2.25. The second kappa shape index (κ2) is 10.7. The summed E-state index contributed by atoms with van der Waals surface area (Å²) in [6.07, 6.45) is 4.61. The van der Waals surface area contributed by atoms with Crippen LogP contribution in [0.5, 0.6) is 0 Å². The van der Waals surface area contributed by atoms with Gasteiger partial charge in [-0.1, -0.05) is 75.2 Å². The average molecular weight is 606 g/mol. The maximum atomic E-state index is 14.2. The number of carbonyl (C=O) groups excluding carboxylic acids is 2. The molecule has 3 aromatic rings. The number of benzene rings is 2. The molecule has 1 aliphatic heterocycles. The zero-order valence-corrected chi connectivity index (χ0v) is 26.5. The maximum Gasteiger partial charge on any atom is 0.162 e. The molecule has 2 aliphatic carbocycles. The van der Waals surface area contributed by atoms with E-state index in [-0.39, 0.29) is 22.4 Å². The highest BCUT2D eigenvalue weighted by Gasteiger charge is 2.49. The Labute approximate surface area is 258 Å². The zero-order chi connectivity index (χ0) is 30.0. The third kappa shape index (κ3) is 5.14. The molecule has 0 saturated carbocycles. The number of nitrogens with zero attached hydrogens (tertiary/aromatic N) is 2. The highest BCUT2D eigenvalue weighted by Crippen LogP contribution is 2.55. The lowest BCUT2D eigenvalue weighted by Gasteiger charge is -2.49. The Morgan fingerprint density at radius 3 is 2.10 bits per heavy atom. The molecule has 42 heavy (non-hydrogen) atoms. The summed E-state index contributed by atoms with van der Waals surface area (Å²) in [6, 6.07) is 13.8. The lowest BCUT2D eigenvalue weighted by molar-refractivity contribution is -0.119. The van der Waals surface area contributed by atoms with E-state index in [1.807, 2.05) is 24.3 Å². The van der Waals surface area contributed by atoms with Gasteiger partial charge in [-0.3, -0.25) is 9.59 Å². The monoisotopic (exact) mass is 604 g/mol. The maximum absolute atomic E-state index is 14.2. The molecule has 0 spiro atoms. The number of ether oxygens (including phenoxy) is 1. The van der Waals surface area contributed by atoms with Crippen molar-refractivity contribution >= 4 is 45.7 Å². The van der Waals surface area contributed by atoms with E-state index in [1.165, 1.54) is 0 Å². The number of halogens is 2. The van der Waals surface area contributed by atoms with E-state index in [0.29, 0.717) is 42.6 Å². The topological polar surface area (TPSA) is 51.5 Å². The first-order chi connectivity index (χ1) is 19.9.